The van der Waals surface area contributed by atoms with Crippen molar-refractivity contribution in [3.05, 3.63) is 12.1 Å². The van der Waals surface area contributed by atoms with Crippen LogP contribution < -0.4 is 0 Å². The predicted molar refractivity (Wildman–Crippen MR) is 42.5 cm³/mol. The Balaban J connectivity index is 2.90. The molecular formula is C7H13O2P. The van der Waals surface area contributed by atoms with E-state index in [9.17, 15) is 4.57 Å². The van der Waals surface area contributed by atoms with Crippen LogP contribution in [0.2, 0.25) is 0 Å². The van der Waals surface area contributed by atoms with Crippen LogP contribution in [-0.4, -0.2) is 11.5 Å². The van der Waals surface area contributed by atoms with Crippen LogP contribution in [0.1, 0.15) is 20.8 Å². The van der Waals surface area contributed by atoms with Crippen LogP contribution in [0, 0.1) is 0 Å². The number of ether oxygens (including phenoxy) is 1. The fraction of sp³-hybridized carbons (Fsp3) is 0.714. The average molecular weight is 160 g/mol. The fourth-order valence-corrected chi connectivity index (χ4v) is 2.27. The summed E-state index contributed by atoms with van der Waals surface area (Å²) >= 11 is 0. The van der Waals surface area contributed by atoms with Crippen molar-refractivity contribution in [3.8, 4) is 0 Å². The lowest BCUT2D eigenvalue weighted by Crippen LogP contribution is -2.14. The van der Waals surface area contributed by atoms with Crippen LogP contribution in [0.25, 0.3) is 0 Å². The van der Waals surface area contributed by atoms with Crippen LogP contribution >= 0.6 is 7.14 Å². The van der Waals surface area contributed by atoms with Crippen LogP contribution in [0.3, 0.4) is 0 Å². The highest BCUT2D eigenvalue weighted by molar-refractivity contribution is 7.68. The minimum atomic E-state index is -2.16. The molecule has 1 aliphatic heterocycles. The van der Waals surface area contributed by atoms with Crippen molar-refractivity contribution < 1.29 is 9.30 Å². The predicted octanol–water partition coefficient (Wildman–Crippen LogP) is 2.61. The zero-order chi connectivity index (χ0) is 7.83. The molecule has 0 aromatic heterocycles. The normalized spacial score (nSPS) is 32.3. The fourth-order valence-electron chi connectivity index (χ4n) is 0.755. The molecule has 1 heterocycles. The summed E-state index contributed by atoms with van der Waals surface area (Å²) in [5, 5.41) is -0.139. The van der Waals surface area contributed by atoms with E-state index in [1.807, 2.05) is 20.8 Å². The van der Waals surface area contributed by atoms with Crippen LogP contribution in [0.4, 0.5) is 0 Å². The van der Waals surface area contributed by atoms with Gasteiger partial charge in [0.2, 0.25) is 0 Å². The summed E-state index contributed by atoms with van der Waals surface area (Å²) in [6, 6.07) is 0. The molecule has 0 fully saturated rings. The van der Waals surface area contributed by atoms with Crippen molar-refractivity contribution in [1.82, 2.24) is 0 Å². The van der Waals surface area contributed by atoms with Gasteiger partial charge in [0.1, 0.15) is 6.35 Å². The largest absolute Gasteiger partial charge is 0.493 e. The first-order valence-electron chi connectivity index (χ1n) is 3.34. The molecule has 1 aliphatic rings. The van der Waals surface area contributed by atoms with E-state index in [1.54, 1.807) is 12.1 Å². The molecule has 0 saturated carbocycles. The molecule has 10 heavy (non-hydrogen) atoms. The molecule has 1 rings (SSSR count). The highest BCUT2D eigenvalue weighted by Gasteiger charge is 2.36. The van der Waals surface area contributed by atoms with E-state index in [4.69, 9.17) is 4.74 Å². The number of hydrogen-bond donors (Lipinski definition) is 0. The lowest BCUT2D eigenvalue weighted by molar-refractivity contribution is 0.315. The summed E-state index contributed by atoms with van der Waals surface area (Å²) in [5.74, 6) is 1.72. The minimum absolute atomic E-state index is 0.139. The van der Waals surface area contributed by atoms with Gasteiger partial charge in [-0.1, -0.05) is 20.8 Å². The highest BCUT2D eigenvalue weighted by atomic mass is 31.2. The molecule has 0 aromatic rings. The molecule has 0 N–H and O–H groups in total. The van der Waals surface area contributed by atoms with Crippen molar-refractivity contribution in [2.24, 2.45) is 0 Å². The Morgan fingerprint density at radius 1 is 1.50 bits per heavy atom. The maximum atomic E-state index is 11.8. The van der Waals surface area contributed by atoms with E-state index in [0.29, 0.717) is 6.35 Å². The van der Waals surface area contributed by atoms with Crippen molar-refractivity contribution >= 4 is 7.14 Å². The second kappa shape index (κ2) is 2.13. The van der Waals surface area contributed by atoms with Gasteiger partial charge in [-0.25, -0.2) is 0 Å². The summed E-state index contributed by atoms with van der Waals surface area (Å²) < 4.78 is 16.8. The van der Waals surface area contributed by atoms with Gasteiger partial charge in [0, 0.05) is 11.0 Å². The monoisotopic (exact) mass is 160 g/mol. The molecule has 0 amide bonds. The topological polar surface area (TPSA) is 26.3 Å². The Morgan fingerprint density at radius 3 is 2.30 bits per heavy atom. The van der Waals surface area contributed by atoms with E-state index >= 15 is 0 Å². The maximum absolute atomic E-state index is 11.8. The number of rotatable bonds is 0. The Labute approximate surface area is 61.6 Å². The van der Waals surface area contributed by atoms with Gasteiger partial charge in [-0.05, 0) is 0 Å². The maximum Gasteiger partial charge on any atom is 0.152 e. The Morgan fingerprint density at radius 2 is 2.10 bits per heavy atom. The lowest BCUT2D eigenvalue weighted by Gasteiger charge is -2.24. The molecule has 2 nitrogen and oxygen atoms in total. The summed E-state index contributed by atoms with van der Waals surface area (Å²) in [4.78, 5) is 0. The molecule has 58 valence electrons. The molecule has 0 spiro atoms. The summed E-state index contributed by atoms with van der Waals surface area (Å²) in [7, 11) is -2.16. The second-order valence-electron chi connectivity index (χ2n) is 3.55. The highest BCUT2D eigenvalue weighted by Crippen LogP contribution is 2.61. The van der Waals surface area contributed by atoms with Gasteiger partial charge >= 0.3 is 0 Å². The first-order chi connectivity index (χ1) is 4.46. The lowest BCUT2D eigenvalue weighted by atomic mass is 10.3. The molecule has 3 heteroatoms. The molecule has 0 bridgehead atoms. The Kier molecular flexibility index (Phi) is 1.68. The van der Waals surface area contributed by atoms with Crippen LogP contribution in [0.5, 0.6) is 0 Å². The SMILES string of the molecule is CC(C)(C)P1(=O)C=COC1. The summed E-state index contributed by atoms with van der Waals surface area (Å²) in [5.41, 5.74) is 0. The smallest absolute Gasteiger partial charge is 0.152 e. The molecule has 1 atom stereocenters. The third-order valence-corrected chi connectivity index (χ3v) is 5.21. The van der Waals surface area contributed by atoms with Gasteiger partial charge in [-0.15, -0.1) is 0 Å². The molecule has 0 radical (unpaired) electrons. The van der Waals surface area contributed by atoms with Gasteiger partial charge in [0.25, 0.3) is 0 Å². The first kappa shape index (κ1) is 7.87. The molecule has 0 aromatic carbocycles. The van der Waals surface area contributed by atoms with E-state index in [2.05, 4.69) is 0 Å². The van der Waals surface area contributed by atoms with Crippen molar-refractivity contribution in [2.45, 2.75) is 25.9 Å². The molecule has 0 saturated heterocycles. The molecule has 1 unspecified atom stereocenters. The van der Waals surface area contributed by atoms with Crippen molar-refractivity contribution in [2.75, 3.05) is 6.35 Å². The average Bonchev–Trinajstić information content (AvgIpc) is 2.13. The van der Waals surface area contributed by atoms with E-state index in [0.717, 1.165) is 0 Å². The Hall–Kier alpha value is -0.230. The Bertz CT molecular complexity index is 200. The minimum Gasteiger partial charge on any atom is -0.493 e. The van der Waals surface area contributed by atoms with Gasteiger partial charge in [-0.2, -0.15) is 0 Å². The summed E-state index contributed by atoms with van der Waals surface area (Å²) in [6.07, 6.45) is 1.93. The van der Waals surface area contributed by atoms with Gasteiger partial charge in [0.05, 0.1) is 6.26 Å². The second-order valence-corrected chi connectivity index (χ2v) is 7.04. The van der Waals surface area contributed by atoms with E-state index in [-0.39, 0.29) is 5.16 Å². The van der Waals surface area contributed by atoms with Gasteiger partial charge in [-0.3, -0.25) is 0 Å². The quantitative estimate of drug-likeness (QED) is 0.509. The van der Waals surface area contributed by atoms with Gasteiger partial charge < -0.3 is 9.30 Å². The van der Waals surface area contributed by atoms with Crippen molar-refractivity contribution in [1.29, 1.82) is 0 Å². The summed E-state index contributed by atoms with van der Waals surface area (Å²) in [6.45, 7) is 5.94. The zero-order valence-corrected chi connectivity index (χ0v) is 7.52. The first-order valence-corrected chi connectivity index (χ1v) is 5.30. The standard InChI is InChI=1S/C7H13O2P/c1-7(2,3)10(8)5-4-9-6-10/h4-5H,6H2,1-3H3. The third kappa shape index (κ3) is 1.13. The van der Waals surface area contributed by atoms with Crippen molar-refractivity contribution in [3.63, 3.8) is 0 Å². The zero-order valence-electron chi connectivity index (χ0n) is 6.63. The van der Waals surface area contributed by atoms with E-state index < -0.39 is 7.14 Å². The van der Waals surface area contributed by atoms with Crippen LogP contribution in [-0.2, 0) is 9.30 Å². The molecule has 0 aliphatic carbocycles. The van der Waals surface area contributed by atoms with Gasteiger partial charge in [0.15, 0.2) is 7.14 Å². The van der Waals surface area contributed by atoms with E-state index in [1.165, 1.54) is 0 Å². The molecular weight excluding hydrogens is 147 g/mol. The third-order valence-electron chi connectivity index (χ3n) is 1.80. The number of hydrogen-bond acceptors (Lipinski definition) is 2. The van der Waals surface area contributed by atoms with Crippen LogP contribution in [0.15, 0.2) is 12.1 Å².